The van der Waals surface area contributed by atoms with Crippen LogP contribution >= 0.6 is 15.9 Å². The van der Waals surface area contributed by atoms with E-state index in [1.165, 1.54) is 31.2 Å². The summed E-state index contributed by atoms with van der Waals surface area (Å²) in [6.45, 7) is 8.45. The van der Waals surface area contributed by atoms with E-state index in [1.54, 1.807) is 0 Å². The Labute approximate surface area is 137 Å². The Bertz CT molecular complexity index is 447. The maximum Gasteiger partial charge on any atom is 0.122 e. The topological polar surface area (TPSA) is 21.3 Å². The van der Waals surface area contributed by atoms with Gasteiger partial charge in [-0.2, -0.15) is 0 Å². The van der Waals surface area contributed by atoms with Gasteiger partial charge in [-0.3, -0.25) is 0 Å². The van der Waals surface area contributed by atoms with Crippen LogP contribution in [0.2, 0.25) is 0 Å². The van der Waals surface area contributed by atoms with Crippen molar-refractivity contribution in [2.45, 2.75) is 58.4 Å². The molecule has 0 spiro atoms. The second-order valence-electron chi connectivity index (χ2n) is 6.61. The van der Waals surface area contributed by atoms with Gasteiger partial charge < -0.3 is 10.1 Å². The standard InChI is InChI=1S/C18H28BrNO/c1-13(2)17-12-15(19)7-8-18(17)21-10-9-20-16-6-4-5-14(3)11-16/h7-8,12-14,16,20H,4-6,9-11H2,1-3H3. The van der Waals surface area contributed by atoms with Gasteiger partial charge in [0.1, 0.15) is 12.4 Å². The molecule has 0 aliphatic heterocycles. The minimum atomic E-state index is 0.477. The van der Waals surface area contributed by atoms with E-state index in [4.69, 9.17) is 4.74 Å². The Morgan fingerprint density at radius 3 is 2.86 bits per heavy atom. The van der Waals surface area contributed by atoms with Crippen molar-refractivity contribution in [2.75, 3.05) is 13.2 Å². The SMILES string of the molecule is CC1CCCC(NCCOc2ccc(Br)cc2C(C)C)C1. The summed E-state index contributed by atoms with van der Waals surface area (Å²) in [5.74, 6) is 2.37. The Morgan fingerprint density at radius 2 is 2.14 bits per heavy atom. The summed E-state index contributed by atoms with van der Waals surface area (Å²) >= 11 is 3.54. The normalized spacial score (nSPS) is 22.5. The van der Waals surface area contributed by atoms with Crippen LogP contribution in [0.1, 0.15) is 57.9 Å². The zero-order valence-corrected chi connectivity index (χ0v) is 15.1. The number of hydrogen-bond acceptors (Lipinski definition) is 2. The first-order chi connectivity index (χ1) is 10.1. The van der Waals surface area contributed by atoms with E-state index in [9.17, 15) is 0 Å². The van der Waals surface area contributed by atoms with Gasteiger partial charge in [-0.25, -0.2) is 0 Å². The molecule has 1 N–H and O–H groups in total. The van der Waals surface area contributed by atoms with Crippen LogP contribution in [0.25, 0.3) is 0 Å². The van der Waals surface area contributed by atoms with Gasteiger partial charge in [0.05, 0.1) is 0 Å². The molecule has 2 rings (SSSR count). The molecule has 2 atom stereocenters. The number of nitrogens with one attached hydrogen (secondary N) is 1. The highest BCUT2D eigenvalue weighted by Crippen LogP contribution is 2.29. The van der Waals surface area contributed by atoms with E-state index < -0.39 is 0 Å². The third-order valence-electron chi connectivity index (χ3n) is 4.32. The van der Waals surface area contributed by atoms with E-state index in [0.717, 1.165) is 29.3 Å². The molecule has 21 heavy (non-hydrogen) atoms. The van der Waals surface area contributed by atoms with Crippen molar-refractivity contribution in [3.63, 3.8) is 0 Å². The first kappa shape index (κ1) is 16.8. The Kier molecular flexibility index (Phi) is 6.56. The molecular weight excluding hydrogens is 326 g/mol. The van der Waals surface area contributed by atoms with Gasteiger partial charge in [0.15, 0.2) is 0 Å². The molecule has 3 heteroatoms. The zero-order chi connectivity index (χ0) is 15.2. The van der Waals surface area contributed by atoms with Gasteiger partial charge in [-0.05, 0) is 48.4 Å². The predicted molar refractivity (Wildman–Crippen MR) is 93.1 cm³/mol. The van der Waals surface area contributed by atoms with Crippen LogP contribution in [-0.2, 0) is 0 Å². The molecule has 1 fully saturated rings. The molecule has 0 heterocycles. The quantitative estimate of drug-likeness (QED) is 0.716. The fourth-order valence-corrected chi connectivity index (χ4v) is 3.52. The molecule has 1 aromatic rings. The Morgan fingerprint density at radius 1 is 1.33 bits per heavy atom. The Balaban J connectivity index is 1.78. The van der Waals surface area contributed by atoms with Crippen molar-refractivity contribution in [3.05, 3.63) is 28.2 Å². The van der Waals surface area contributed by atoms with E-state index in [1.807, 2.05) is 0 Å². The third-order valence-corrected chi connectivity index (χ3v) is 4.82. The smallest absolute Gasteiger partial charge is 0.122 e. The van der Waals surface area contributed by atoms with Crippen molar-refractivity contribution < 1.29 is 4.74 Å². The first-order valence-corrected chi connectivity index (χ1v) is 9.01. The summed E-state index contributed by atoms with van der Waals surface area (Å²) in [4.78, 5) is 0. The number of rotatable bonds is 6. The Hall–Kier alpha value is -0.540. The zero-order valence-electron chi connectivity index (χ0n) is 13.5. The van der Waals surface area contributed by atoms with E-state index >= 15 is 0 Å². The van der Waals surface area contributed by atoms with Crippen LogP contribution in [0, 0.1) is 5.92 Å². The fourth-order valence-electron chi connectivity index (χ4n) is 3.15. The molecule has 0 radical (unpaired) electrons. The monoisotopic (exact) mass is 353 g/mol. The van der Waals surface area contributed by atoms with E-state index in [2.05, 4.69) is 60.2 Å². The number of benzene rings is 1. The lowest BCUT2D eigenvalue weighted by Gasteiger charge is -2.27. The lowest BCUT2D eigenvalue weighted by Crippen LogP contribution is -2.36. The van der Waals surface area contributed by atoms with Crippen molar-refractivity contribution in [1.29, 1.82) is 0 Å². The molecule has 2 nitrogen and oxygen atoms in total. The van der Waals surface area contributed by atoms with Gasteiger partial charge in [0.25, 0.3) is 0 Å². The van der Waals surface area contributed by atoms with Crippen LogP contribution in [0.15, 0.2) is 22.7 Å². The fraction of sp³-hybridized carbons (Fsp3) is 0.667. The summed E-state index contributed by atoms with van der Waals surface area (Å²) in [6.07, 6.45) is 5.39. The largest absolute Gasteiger partial charge is 0.492 e. The number of ether oxygens (including phenoxy) is 1. The van der Waals surface area contributed by atoms with E-state index in [-0.39, 0.29) is 0 Å². The van der Waals surface area contributed by atoms with Crippen LogP contribution in [0.4, 0.5) is 0 Å². The van der Waals surface area contributed by atoms with Gasteiger partial charge >= 0.3 is 0 Å². The van der Waals surface area contributed by atoms with Crippen LogP contribution < -0.4 is 10.1 Å². The molecule has 0 aromatic heterocycles. The first-order valence-electron chi connectivity index (χ1n) is 8.22. The summed E-state index contributed by atoms with van der Waals surface area (Å²) in [6, 6.07) is 6.97. The summed E-state index contributed by atoms with van der Waals surface area (Å²) in [5.41, 5.74) is 1.27. The number of hydrogen-bond donors (Lipinski definition) is 1. The lowest BCUT2D eigenvalue weighted by molar-refractivity contribution is 0.265. The van der Waals surface area contributed by atoms with Gasteiger partial charge in [-0.1, -0.05) is 49.5 Å². The molecule has 0 bridgehead atoms. The minimum absolute atomic E-state index is 0.477. The molecule has 1 aliphatic rings. The van der Waals surface area contributed by atoms with E-state index in [0.29, 0.717) is 12.0 Å². The summed E-state index contributed by atoms with van der Waals surface area (Å²) < 4.78 is 7.11. The third kappa shape index (κ3) is 5.30. The summed E-state index contributed by atoms with van der Waals surface area (Å²) in [7, 11) is 0. The van der Waals surface area contributed by atoms with Crippen molar-refractivity contribution >= 4 is 15.9 Å². The van der Waals surface area contributed by atoms with Gasteiger partial charge in [0, 0.05) is 17.1 Å². The molecule has 1 saturated carbocycles. The molecule has 1 aliphatic carbocycles. The lowest BCUT2D eigenvalue weighted by atomic mass is 9.87. The molecule has 2 unspecified atom stereocenters. The molecule has 1 aromatic carbocycles. The second kappa shape index (κ2) is 8.19. The average molecular weight is 354 g/mol. The minimum Gasteiger partial charge on any atom is -0.492 e. The maximum absolute atomic E-state index is 5.99. The highest BCUT2D eigenvalue weighted by atomic mass is 79.9. The average Bonchev–Trinajstić information content (AvgIpc) is 2.44. The van der Waals surface area contributed by atoms with Crippen molar-refractivity contribution in [3.8, 4) is 5.75 Å². The van der Waals surface area contributed by atoms with Gasteiger partial charge in [-0.15, -0.1) is 0 Å². The van der Waals surface area contributed by atoms with Crippen molar-refractivity contribution in [2.24, 2.45) is 5.92 Å². The highest BCUT2D eigenvalue weighted by Gasteiger charge is 2.18. The summed E-state index contributed by atoms with van der Waals surface area (Å²) in [5, 5.41) is 3.65. The van der Waals surface area contributed by atoms with Crippen LogP contribution in [0.5, 0.6) is 5.75 Å². The maximum atomic E-state index is 5.99. The molecule has 0 amide bonds. The van der Waals surface area contributed by atoms with Gasteiger partial charge in [0.2, 0.25) is 0 Å². The number of halogens is 1. The molecule has 118 valence electrons. The highest BCUT2D eigenvalue weighted by molar-refractivity contribution is 9.10. The predicted octanol–water partition coefficient (Wildman–Crippen LogP) is 5.12. The second-order valence-corrected chi connectivity index (χ2v) is 7.52. The molecular formula is C18H28BrNO. The van der Waals surface area contributed by atoms with Crippen LogP contribution in [-0.4, -0.2) is 19.2 Å². The van der Waals surface area contributed by atoms with Crippen molar-refractivity contribution in [1.82, 2.24) is 5.32 Å². The molecule has 0 saturated heterocycles. The van der Waals surface area contributed by atoms with Crippen LogP contribution in [0.3, 0.4) is 0 Å².